The van der Waals surface area contributed by atoms with Crippen molar-refractivity contribution in [3.05, 3.63) is 22.4 Å². The SMILES string of the molecule is CCN(Cc1cccs1)C(=O)N1CCC[C@H]1C(=O)O. The molecule has 104 valence electrons. The van der Waals surface area contributed by atoms with Crippen molar-refractivity contribution in [2.45, 2.75) is 32.4 Å². The summed E-state index contributed by atoms with van der Waals surface area (Å²) < 4.78 is 0. The molecular weight excluding hydrogens is 264 g/mol. The first-order valence-electron chi connectivity index (χ1n) is 6.44. The monoisotopic (exact) mass is 282 g/mol. The van der Waals surface area contributed by atoms with Crippen molar-refractivity contribution in [1.29, 1.82) is 0 Å². The third kappa shape index (κ3) is 3.07. The van der Waals surface area contributed by atoms with Crippen molar-refractivity contribution < 1.29 is 14.7 Å². The molecule has 0 unspecified atom stereocenters. The molecule has 0 spiro atoms. The standard InChI is InChI=1S/C13H18N2O3S/c1-2-14(9-10-5-4-8-19-10)13(18)15-7-3-6-11(15)12(16)17/h4-5,8,11H,2-3,6-7,9H2,1H3,(H,16,17)/t11-/m0/s1. The minimum absolute atomic E-state index is 0.166. The highest BCUT2D eigenvalue weighted by Crippen LogP contribution is 2.21. The van der Waals surface area contributed by atoms with E-state index in [9.17, 15) is 9.59 Å². The van der Waals surface area contributed by atoms with Gasteiger partial charge in [0.1, 0.15) is 6.04 Å². The van der Waals surface area contributed by atoms with Crippen LogP contribution in [0.4, 0.5) is 4.79 Å². The van der Waals surface area contributed by atoms with E-state index in [-0.39, 0.29) is 6.03 Å². The smallest absolute Gasteiger partial charge is 0.326 e. The van der Waals surface area contributed by atoms with Gasteiger partial charge < -0.3 is 14.9 Å². The van der Waals surface area contributed by atoms with Gasteiger partial charge in [-0.25, -0.2) is 9.59 Å². The Kier molecular flexibility index (Phi) is 4.42. The second kappa shape index (κ2) is 6.06. The van der Waals surface area contributed by atoms with Crippen molar-refractivity contribution in [2.75, 3.05) is 13.1 Å². The van der Waals surface area contributed by atoms with Crippen LogP contribution in [0.3, 0.4) is 0 Å². The molecule has 1 aromatic rings. The van der Waals surface area contributed by atoms with E-state index in [1.54, 1.807) is 16.2 Å². The molecule has 0 saturated carbocycles. The van der Waals surface area contributed by atoms with Crippen molar-refractivity contribution in [3.8, 4) is 0 Å². The molecule has 0 aliphatic carbocycles. The van der Waals surface area contributed by atoms with Gasteiger partial charge in [0.05, 0.1) is 6.54 Å². The number of carboxylic acids is 1. The molecule has 2 heterocycles. The lowest BCUT2D eigenvalue weighted by molar-refractivity contribution is -0.141. The zero-order valence-electron chi connectivity index (χ0n) is 10.9. The predicted octanol–water partition coefficient (Wildman–Crippen LogP) is 2.24. The number of likely N-dealkylation sites (tertiary alicyclic amines) is 1. The molecular formula is C13H18N2O3S. The zero-order chi connectivity index (χ0) is 13.8. The Balaban J connectivity index is 2.05. The number of carbonyl (C=O) groups excluding carboxylic acids is 1. The van der Waals surface area contributed by atoms with Gasteiger partial charge in [-0.2, -0.15) is 0 Å². The Bertz CT molecular complexity index is 447. The molecule has 1 saturated heterocycles. The second-order valence-electron chi connectivity index (χ2n) is 4.57. The maximum absolute atomic E-state index is 12.4. The second-order valence-corrected chi connectivity index (χ2v) is 5.60. The van der Waals surface area contributed by atoms with E-state index in [2.05, 4.69) is 0 Å². The molecule has 0 aromatic carbocycles. The van der Waals surface area contributed by atoms with Gasteiger partial charge in [0, 0.05) is 18.0 Å². The van der Waals surface area contributed by atoms with Crippen LogP contribution in [0.2, 0.25) is 0 Å². The molecule has 2 amide bonds. The Morgan fingerprint density at radius 3 is 2.95 bits per heavy atom. The van der Waals surface area contributed by atoms with Crippen LogP contribution in [0.1, 0.15) is 24.6 Å². The summed E-state index contributed by atoms with van der Waals surface area (Å²) in [6, 6.07) is 3.11. The summed E-state index contributed by atoms with van der Waals surface area (Å²) in [6.45, 7) is 3.59. The normalized spacial score (nSPS) is 18.6. The quantitative estimate of drug-likeness (QED) is 0.921. The number of amides is 2. The van der Waals surface area contributed by atoms with Gasteiger partial charge in [-0.15, -0.1) is 11.3 Å². The lowest BCUT2D eigenvalue weighted by Gasteiger charge is -2.29. The lowest BCUT2D eigenvalue weighted by atomic mass is 10.2. The number of hydrogen-bond acceptors (Lipinski definition) is 3. The molecule has 5 nitrogen and oxygen atoms in total. The van der Waals surface area contributed by atoms with Gasteiger partial charge in [-0.3, -0.25) is 0 Å². The van der Waals surface area contributed by atoms with E-state index in [0.717, 1.165) is 11.3 Å². The largest absolute Gasteiger partial charge is 0.480 e. The van der Waals surface area contributed by atoms with E-state index in [0.29, 0.717) is 26.1 Å². The number of urea groups is 1. The zero-order valence-corrected chi connectivity index (χ0v) is 11.7. The Hall–Kier alpha value is -1.56. The van der Waals surface area contributed by atoms with Crippen LogP contribution in [0.15, 0.2) is 17.5 Å². The highest BCUT2D eigenvalue weighted by atomic mass is 32.1. The first-order valence-corrected chi connectivity index (χ1v) is 7.32. The summed E-state index contributed by atoms with van der Waals surface area (Å²) in [6.07, 6.45) is 1.32. The molecule has 2 rings (SSSR count). The summed E-state index contributed by atoms with van der Waals surface area (Å²) in [4.78, 5) is 27.8. The van der Waals surface area contributed by atoms with E-state index in [1.165, 1.54) is 4.90 Å². The van der Waals surface area contributed by atoms with Gasteiger partial charge in [-0.05, 0) is 31.2 Å². The Morgan fingerprint density at radius 1 is 1.58 bits per heavy atom. The van der Waals surface area contributed by atoms with E-state index < -0.39 is 12.0 Å². The van der Waals surface area contributed by atoms with Gasteiger partial charge in [0.2, 0.25) is 0 Å². The number of nitrogens with zero attached hydrogens (tertiary/aromatic N) is 2. The van der Waals surface area contributed by atoms with E-state index in [1.807, 2.05) is 24.4 Å². The van der Waals surface area contributed by atoms with Crippen LogP contribution in [0.5, 0.6) is 0 Å². The molecule has 1 N–H and O–H groups in total. The van der Waals surface area contributed by atoms with Crippen molar-refractivity contribution in [2.24, 2.45) is 0 Å². The third-order valence-electron chi connectivity index (χ3n) is 3.36. The van der Waals surface area contributed by atoms with Crippen molar-refractivity contribution >= 4 is 23.3 Å². The summed E-state index contributed by atoms with van der Waals surface area (Å²) in [5.74, 6) is -0.905. The molecule has 1 fully saturated rings. The molecule has 1 aliphatic rings. The maximum Gasteiger partial charge on any atom is 0.326 e. The average molecular weight is 282 g/mol. The van der Waals surface area contributed by atoms with Crippen LogP contribution in [0, 0.1) is 0 Å². The fourth-order valence-corrected chi connectivity index (χ4v) is 3.06. The highest BCUT2D eigenvalue weighted by molar-refractivity contribution is 7.09. The molecule has 1 aromatic heterocycles. The summed E-state index contributed by atoms with van der Waals surface area (Å²) in [5, 5.41) is 11.1. The maximum atomic E-state index is 12.4. The van der Waals surface area contributed by atoms with Crippen LogP contribution in [-0.2, 0) is 11.3 Å². The first-order chi connectivity index (χ1) is 9.13. The fourth-order valence-electron chi connectivity index (χ4n) is 2.34. The summed E-state index contributed by atoms with van der Waals surface area (Å²) in [5.41, 5.74) is 0. The van der Waals surface area contributed by atoms with Crippen molar-refractivity contribution in [3.63, 3.8) is 0 Å². The summed E-state index contributed by atoms with van der Waals surface area (Å²) in [7, 11) is 0. The predicted molar refractivity (Wildman–Crippen MR) is 73.2 cm³/mol. The van der Waals surface area contributed by atoms with Crippen LogP contribution in [-0.4, -0.2) is 46.0 Å². The van der Waals surface area contributed by atoms with Gasteiger partial charge in [0.25, 0.3) is 0 Å². The van der Waals surface area contributed by atoms with Crippen LogP contribution in [0.25, 0.3) is 0 Å². The van der Waals surface area contributed by atoms with Crippen molar-refractivity contribution in [1.82, 2.24) is 9.80 Å². The van der Waals surface area contributed by atoms with Gasteiger partial charge in [0.15, 0.2) is 0 Å². The number of carboxylic acid groups (broad SMARTS) is 1. The fraction of sp³-hybridized carbons (Fsp3) is 0.538. The minimum Gasteiger partial charge on any atom is -0.480 e. The highest BCUT2D eigenvalue weighted by Gasteiger charge is 2.35. The Labute approximate surface area is 116 Å². The van der Waals surface area contributed by atoms with Crippen LogP contribution < -0.4 is 0 Å². The van der Waals surface area contributed by atoms with Gasteiger partial charge >= 0.3 is 12.0 Å². The van der Waals surface area contributed by atoms with E-state index in [4.69, 9.17) is 5.11 Å². The van der Waals surface area contributed by atoms with Gasteiger partial charge in [-0.1, -0.05) is 6.07 Å². The Morgan fingerprint density at radius 2 is 2.37 bits per heavy atom. The lowest BCUT2D eigenvalue weighted by Crippen LogP contribution is -2.47. The number of aliphatic carboxylic acids is 1. The number of rotatable bonds is 4. The minimum atomic E-state index is -0.905. The molecule has 19 heavy (non-hydrogen) atoms. The average Bonchev–Trinajstić information content (AvgIpc) is 3.05. The number of hydrogen-bond donors (Lipinski definition) is 1. The first kappa shape index (κ1) is 13.9. The molecule has 0 radical (unpaired) electrons. The van der Waals surface area contributed by atoms with Crippen LogP contribution >= 0.6 is 11.3 Å². The molecule has 1 atom stereocenters. The molecule has 6 heteroatoms. The summed E-state index contributed by atoms with van der Waals surface area (Å²) >= 11 is 1.60. The topological polar surface area (TPSA) is 60.9 Å². The number of carbonyl (C=O) groups is 2. The molecule has 0 bridgehead atoms. The molecule has 1 aliphatic heterocycles. The third-order valence-corrected chi connectivity index (χ3v) is 4.22. The number of thiophene rings is 1. The van der Waals surface area contributed by atoms with E-state index >= 15 is 0 Å².